The molecule has 6 nitrogen and oxygen atoms in total. The highest BCUT2D eigenvalue weighted by atomic mass is 16.6. The summed E-state index contributed by atoms with van der Waals surface area (Å²) in [5, 5.41) is 3.03. The van der Waals surface area contributed by atoms with Crippen molar-refractivity contribution in [1.29, 1.82) is 0 Å². The number of rotatable bonds is 6. The van der Waals surface area contributed by atoms with E-state index in [2.05, 4.69) is 22.3 Å². The van der Waals surface area contributed by atoms with E-state index < -0.39 is 0 Å². The van der Waals surface area contributed by atoms with Gasteiger partial charge in [0.2, 0.25) is 5.91 Å². The standard InChI is InChI=1S/C26H26N2O4/c29-26(27-21-9-4-5-11-23(21)32-20-7-2-1-3-8-20)18-28-14-6-10-22(28)19-12-13-24-25(17-19)31-16-15-30-24/h1-5,7-9,11-13,17,22H,6,10,14-16,18H2,(H,27,29)/t22-/m0/s1. The second-order valence-corrected chi connectivity index (χ2v) is 7.99. The summed E-state index contributed by atoms with van der Waals surface area (Å²) >= 11 is 0. The number of anilines is 1. The average Bonchev–Trinajstić information content (AvgIpc) is 3.28. The molecule has 1 fully saturated rings. The van der Waals surface area contributed by atoms with Gasteiger partial charge in [-0.2, -0.15) is 0 Å². The Labute approximate surface area is 187 Å². The molecule has 2 heterocycles. The van der Waals surface area contributed by atoms with Crippen LogP contribution in [0.5, 0.6) is 23.0 Å². The van der Waals surface area contributed by atoms with Crippen molar-refractivity contribution in [2.24, 2.45) is 0 Å². The highest BCUT2D eigenvalue weighted by molar-refractivity contribution is 5.93. The van der Waals surface area contributed by atoms with Gasteiger partial charge in [0.25, 0.3) is 0 Å². The number of likely N-dealkylation sites (tertiary alicyclic amines) is 1. The SMILES string of the molecule is O=C(CN1CCC[C@H]1c1ccc2c(c1)OCCO2)Nc1ccccc1Oc1ccccc1. The Morgan fingerprint density at radius 1 is 0.969 bits per heavy atom. The zero-order valence-electron chi connectivity index (χ0n) is 17.8. The summed E-state index contributed by atoms with van der Waals surface area (Å²) < 4.78 is 17.4. The number of nitrogens with one attached hydrogen (secondary N) is 1. The molecule has 3 aromatic rings. The van der Waals surface area contributed by atoms with Gasteiger partial charge in [-0.15, -0.1) is 0 Å². The van der Waals surface area contributed by atoms with Crippen LogP contribution in [0.4, 0.5) is 5.69 Å². The first-order chi connectivity index (χ1) is 15.8. The Morgan fingerprint density at radius 3 is 2.62 bits per heavy atom. The molecule has 5 rings (SSSR count). The van der Waals surface area contributed by atoms with Gasteiger partial charge in [0.05, 0.1) is 12.2 Å². The van der Waals surface area contributed by atoms with Crippen LogP contribution in [0.2, 0.25) is 0 Å². The van der Waals surface area contributed by atoms with E-state index in [0.717, 1.165) is 42.2 Å². The quantitative estimate of drug-likeness (QED) is 0.595. The van der Waals surface area contributed by atoms with E-state index in [1.54, 1.807) is 0 Å². The number of carbonyl (C=O) groups is 1. The maximum atomic E-state index is 12.9. The number of fused-ring (bicyclic) bond motifs is 1. The largest absolute Gasteiger partial charge is 0.486 e. The van der Waals surface area contributed by atoms with Gasteiger partial charge in [-0.25, -0.2) is 0 Å². The normalized spacial score (nSPS) is 17.7. The summed E-state index contributed by atoms with van der Waals surface area (Å²) in [6, 6.07) is 23.4. The van der Waals surface area contributed by atoms with E-state index in [4.69, 9.17) is 14.2 Å². The zero-order chi connectivity index (χ0) is 21.8. The number of hydrogen-bond donors (Lipinski definition) is 1. The van der Waals surface area contributed by atoms with Crippen molar-refractivity contribution < 1.29 is 19.0 Å². The summed E-state index contributed by atoms with van der Waals surface area (Å²) in [6.45, 7) is 2.35. The second kappa shape index (κ2) is 9.32. The Balaban J connectivity index is 1.26. The number of para-hydroxylation sites is 3. The molecule has 6 heteroatoms. The van der Waals surface area contributed by atoms with E-state index >= 15 is 0 Å². The molecule has 1 amide bonds. The maximum Gasteiger partial charge on any atom is 0.238 e. The van der Waals surface area contributed by atoms with Gasteiger partial charge >= 0.3 is 0 Å². The smallest absolute Gasteiger partial charge is 0.238 e. The van der Waals surface area contributed by atoms with Gasteiger partial charge in [0.15, 0.2) is 17.2 Å². The van der Waals surface area contributed by atoms with Crippen LogP contribution in [-0.2, 0) is 4.79 Å². The predicted octanol–water partition coefficient (Wildman–Crippen LogP) is 5.03. The van der Waals surface area contributed by atoms with Gasteiger partial charge in [-0.1, -0.05) is 36.4 Å². The van der Waals surface area contributed by atoms with Crippen LogP contribution in [0.3, 0.4) is 0 Å². The lowest BCUT2D eigenvalue weighted by Crippen LogP contribution is -2.33. The van der Waals surface area contributed by atoms with Crippen molar-refractivity contribution in [3.05, 3.63) is 78.4 Å². The van der Waals surface area contributed by atoms with Gasteiger partial charge in [-0.3, -0.25) is 9.69 Å². The predicted molar refractivity (Wildman–Crippen MR) is 123 cm³/mol. The third-order valence-corrected chi connectivity index (χ3v) is 5.79. The fourth-order valence-corrected chi connectivity index (χ4v) is 4.31. The molecule has 0 saturated carbocycles. The number of amides is 1. The minimum Gasteiger partial charge on any atom is -0.486 e. The van der Waals surface area contributed by atoms with Crippen LogP contribution in [0, 0.1) is 0 Å². The molecule has 1 N–H and O–H groups in total. The molecule has 0 aromatic heterocycles. The lowest BCUT2D eigenvalue weighted by atomic mass is 10.0. The summed E-state index contributed by atoms with van der Waals surface area (Å²) in [7, 11) is 0. The third kappa shape index (κ3) is 4.55. The molecule has 1 saturated heterocycles. The molecule has 2 aliphatic heterocycles. The van der Waals surface area contributed by atoms with Crippen LogP contribution in [0.25, 0.3) is 0 Å². The Bertz CT molecular complexity index is 1090. The van der Waals surface area contributed by atoms with E-state index in [1.807, 2.05) is 60.7 Å². The second-order valence-electron chi connectivity index (χ2n) is 7.99. The van der Waals surface area contributed by atoms with Gasteiger partial charge in [0, 0.05) is 6.04 Å². The van der Waals surface area contributed by atoms with Crippen LogP contribution < -0.4 is 19.5 Å². The monoisotopic (exact) mass is 430 g/mol. The number of benzene rings is 3. The van der Waals surface area contributed by atoms with Crippen molar-refractivity contribution in [3.8, 4) is 23.0 Å². The molecule has 2 aliphatic rings. The van der Waals surface area contributed by atoms with Gasteiger partial charge in [-0.05, 0) is 61.3 Å². The molecule has 164 valence electrons. The first kappa shape index (κ1) is 20.4. The number of ether oxygens (including phenoxy) is 3. The molecular formula is C26H26N2O4. The first-order valence-electron chi connectivity index (χ1n) is 11.0. The van der Waals surface area contributed by atoms with Crippen molar-refractivity contribution in [3.63, 3.8) is 0 Å². The molecule has 0 unspecified atom stereocenters. The number of hydrogen-bond acceptors (Lipinski definition) is 5. The molecular weight excluding hydrogens is 404 g/mol. The lowest BCUT2D eigenvalue weighted by molar-refractivity contribution is -0.117. The summed E-state index contributed by atoms with van der Waals surface area (Å²) in [5.41, 5.74) is 1.82. The highest BCUT2D eigenvalue weighted by Gasteiger charge is 2.29. The Kier molecular flexibility index (Phi) is 5.94. The number of nitrogens with zero attached hydrogens (tertiary/aromatic N) is 1. The molecule has 0 bridgehead atoms. The Hall–Kier alpha value is -3.51. The highest BCUT2D eigenvalue weighted by Crippen LogP contribution is 2.38. The fraction of sp³-hybridized carbons (Fsp3) is 0.269. The van der Waals surface area contributed by atoms with Crippen molar-refractivity contribution >= 4 is 11.6 Å². The van der Waals surface area contributed by atoms with E-state index in [-0.39, 0.29) is 11.9 Å². The molecule has 32 heavy (non-hydrogen) atoms. The summed E-state index contributed by atoms with van der Waals surface area (Å²) in [6.07, 6.45) is 2.07. The first-order valence-corrected chi connectivity index (χ1v) is 11.0. The minimum absolute atomic E-state index is 0.0569. The van der Waals surface area contributed by atoms with Gasteiger partial charge in [0.1, 0.15) is 19.0 Å². The van der Waals surface area contributed by atoms with E-state index in [9.17, 15) is 4.79 Å². The fourth-order valence-electron chi connectivity index (χ4n) is 4.31. The zero-order valence-corrected chi connectivity index (χ0v) is 17.8. The van der Waals surface area contributed by atoms with Crippen LogP contribution in [-0.4, -0.2) is 37.1 Å². The topological polar surface area (TPSA) is 60.0 Å². The van der Waals surface area contributed by atoms with Gasteiger partial charge < -0.3 is 19.5 Å². The van der Waals surface area contributed by atoms with Crippen LogP contribution in [0.1, 0.15) is 24.4 Å². The molecule has 1 atom stereocenters. The number of carbonyl (C=O) groups excluding carboxylic acids is 1. The van der Waals surface area contributed by atoms with Crippen LogP contribution >= 0.6 is 0 Å². The molecule has 3 aromatic carbocycles. The Morgan fingerprint density at radius 2 is 1.75 bits per heavy atom. The molecule has 0 radical (unpaired) electrons. The summed E-state index contributed by atoms with van der Waals surface area (Å²) in [5.74, 6) is 2.87. The molecule has 0 spiro atoms. The molecule has 0 aliphatic carbocycles. The van der Waals surface area contributed by atoms with Crippen LogP contribution in [0.15, 0.2) is 72.8 Å². The minimum atomic E-state index is -0.0569. The van der Waals surface area contributed by atoms with Crippen molar-refractivity contribution in [2.75, 3.05) is 31.6 Å². The van der Waals surface area contributed by atoms with Crippen molar-refractivity contribution in [1.82, 2.24) is 4.90 Å². The third-order valence-electron chi connectivity index (χ3n) is 5.79. The lowest BCUT2D eigenvalue weighted by Gasteiger charge is -2.26. The maximum absolute atomic E-state index is 12.9. The average molecular weight is 431 g/mol. The van der Waals surface area contributed by atoms with E-state index in [1.165, 1.54) is 0 Å². The van der Waals surface area contributed by atoms with Crippen molar-refractivity contribution in [2.45, 2.75) is 18.9 Å². The summed E-state index contributed by atoms with van der Waals surface area (Å²) in [4.78, 5) is 15.2. The van der Waals surface area contributed by atoms with E-state index in [0.29, 0.717) is 31.2 Å².